The molecule has 140 valence electrons. The number of ether oxygens (including phenoxy) is 1. The van der Waals surface area contributed by atoms with Gasteiger partial charge in [-0.3, -0.25) is 14.3 Å². The predicted octanol–water partition coefficient (Wildman–Crippen LogP) is 1.03. The Kier molecular flexibility index (Phi) is 5.40. The smallest absolute Gasteiger partial charge is 0.417 e. The summed E-state index contributed by atoms with van der Waals surface area (Å²) in [6.45, 7) is 2.75. The lowest BCUT2D eigenvalue weighted by molar-refractivity contribution is -0.254. The summed E-state index contributed by atoms with van der Waals surface area (Å²) in [4.78, 5) is 24.9. The first-order chi connectivity index (χ1) is 11.5. The lowest BCUT2D eigenvalue weighted by atomic mass is 9.99. The molecule has 0 saturated carbocycles. The van der Waals surface area contributed by atoms with Crippen LogP contribution in [-0.2, 0) is 33.8 Å². The average molecular weight is 363 g/mol. The molecule has 0 saturated heterocycles. The first kappa shape index (κ1) is 19.2. The first-order valence-electron chi connectivity index (χ1n) is 7.81. The zero-order chi connectivity index (χ0) is 18.8. The van der Waals surface area contributed by atoms with Crippen molar-refractivity contribution in [1.29, 1.82) is 0 Å². The Morgan fingerprint density at radius 2 is 2.08 bits per heavy atom. The lowest BCUT2D eigenvalue weighted by Gasteiger charge is -2.31. The number of esters is 1. The molecule has 0 fully saturated rings. The Morgan fingerprint density at radius 1 is 1.40 bits per heavy atom. The molecule has 1 aromatic rings. The minimum Gasteiger partial charge on any atom is -0.465 e. The Morgan fingerprint density at radius 3 is 2.68 bits per heavy atom. The van der Waals surface area contributed by atoms with Gasteiger partial charge in [0.05, 0.1) is 19.2 Å². The van der Waals surface area contributed by atoms with Crippen LogP contribution in [0.15, 0.2) is 6.20 Å². The van der Waals surface area contributed by atoms with Gasteiger partial charge in [-0.05, 0) is 13.8 Å². The van der Waals surface area contributed by atoms with E-state index < -0.39 is 30.1 Å². The van der Waals surface area contributed by atoms with Crippen molar-refractivity contribution in [3.63, 3.8) is 0 Å². The third-order valence-electron chi connectivity index (χ3n) is 4.06. The van der Waals surface area contributed by atoms with Gasteiger partial charge in [0, 0.05) is 30.8 Å². The third kappa shape index (κ3) is 4.30. The molecule has 0 aliphatic carbocycles. The minimum atomic E-state index is -4.88. The number of rotatable bonds is 5. The first-order valence-corrected chi connectivity index (χ1v) is 7.81. The van der Waals surface area contributed by atoms with Gasteiger partial charge >= 0.3 is 12.1 Å². The highest BCUT2D eigenvalue weighted by Gasteiger charge is 2.51. The number of nitrogens with zero attached hydrogens (tertiary/aromatic N) is 3. The topological polar surface area (TPSA) is 84.7 Å². The molecule has 1 amide bonds. The molecule has 1 aliphatic rings. The van der Waals surface area contributed by atoms with Gasteiger partial charge in [0.15, 0.2) is 5.60 Å². The van der Waals surface area contributed by atoms with Crippen molar-refractivity contribution in [2.45, 2.75) is 51.6 Å². The highest BCUT2D eigenvalue weighted by molar-refractivity contribution is 5.77. The van der Waals surface area contributed by atoms with Gasteiger partial charge in [-0.15, -0.1) is 0 Å². The molecule has 1 N–H and O–H groups in total. The van der Waals surface area contributed by atoms with Gasteiger partial charge in [-0.1, -0.05) is 0 Å². The second kappa shape index (κ2) is 7.03. The van der Waals surface area contributed by atoms with E-state index in [-0.39, 0.29) is 26.2 Å². The molecule has 1 unspecified atom stereocenters. The maximum atomic E-state index is 12.7. The molecule has 1 aromatic heterocycles. The monoisotopic (exact) mass is 363 g/mol. The molecule has 1 aliphatic heterocycles. The van der Waals surface area contributed by atoms with Crippen molar-refractivity contribution in [2.24, 2.45) is 0 Å². The largest absolute Gasteiger partial charge is 0.465 e. The van der Waals surface area contributed by atoms with E-state index in [4.69, 9.17) is 4.74 Å². The molecule has 2 rings (SSSR count). The summed E-state index contributed by atoms with van der Waals surface area (Å²) in [5.74, 6) is -1.22. The van der Waals surface area contributed by atoms with Crippen molar-refractivity contribution in [1.82, 2.24) is 14.7 Å². The fourth-order valence-corrected chi connectivity index (χ4v) is 2.58. The van der Waals surface area contributed by atoms with E-state index in [2.05, 4.69) is 5.10 Å². The molecule has 10 heteroatoms. The summed E-state index contributed by atoms with van der Waals surface area (Å²) in [5, 5.41) is 13.5. The van der Waals surface area contributed by atoms with Crippen LogP contribution < -0.4 is 0 Å². The van der Waals surface area contributed by atoms with Gasteiger partial charge < -0.3 is 14.7 Å². The summed E-state index contributed by atoms with van der Waals surface area (Å²) in [5.41, 5.74) is -1.66. The van der Waals surface area contributed by atoms with Crippen LogP contribution in [0.4, 0.5) is 13.2 Å². The predicted molar refractivity (Wildman–Crippen MR) is 79.3 cm³/mol. The fourth-order valence-electron chi connectivity index (χ4n) is 2.58. The van der Waals surface area contributed by atoms with Gasteiger partial charge in [-0.2, -0.15) is 18.3 Å². The number of carbonyl (C=O) groups excluding carboxylic acids is 2. The summed E-state index contributed by atoms with van der Waals surface area (Å²) in [6.07, 6.45) is -4.08. The number of fused-ring (bicyclic) bond motifs is 1. The van der Waals surface area contributed by atoms with Gasteiger partial charge in [0.1, 0.15) is 6.54 Å². The van der Waals surface area contributed by atoms with Gasteiger partial charge in [0.25, 0.3) is 0 Å². The lowest BCUT2D eigenvalue weighted by Crippen LogP contribution is -2.47. The maximum Gasteiger partial charge on any atom is 0.417 e. The molecular formula is C15H20F3N3O4. The number of carbonyl (C=O) groups is 2. The molecule has 25 heavy (non-hydrogen) atoms. The quantitative estimate of drug-likeness (QED) is 0.790. The third-order valence-corrected chi connectivity index (χ3v) is 4.06. The molecule has 0 bridgehead atoms. The highest BCUT2D eigenvalue weighted by atomic mass is 19.4. The zero-order valence-electron chi connectivity index (χ0n) is 14.0. The van der Waals surface area contributed by atoms with Crippen molar-refractivity contribution >= 4 is 11.9 Å². The molecule has 0 spiro atoms. The van der Waals surface area contributed by atoms with Crippen LogP contribution in [0.25, 0.3) is 0 Å². The number of amides is 1. The van der Waals surface area contributed by atoms with E-state index in [9.17, 15) is 27.9 Å². The molecule has 0 radical (unpaired) electrons. The van der Waals surface area contributed by atoms with E-state index in [1.54, 1.807) is 6.92 Å². The van der Waals surface area contributed by atoms with E-state index >= 15 is 0 Å². The fraction of sp³-hybridized carbons (Fsp3) is 0.667. The normalized spacial score (nSPS) is 17.0. The standard InChI is InChI=1S/C15H20F3N3O4/c1-3-25-13(23)9-21-11-4-5-20(8-10(11)7-19-21)12(22)6-14(2,24)15(16,17)18/h7,24H,3-6,8-9H2,1-2H3. The Hall–Kier alpha value is -2.10. The average Bonchev–Trinajstić information content (AvgIpc) is 2.88. The second-order valence-electron chi connectivity index (χ2n) is 6.09. The summed E-state index contributed by atoms with van der Waals surface area (Å²) in [6, 6.07) is 0. The number of hydrogen-bond acceptors (Lipinski definition) is 5. The number of alkyl halides is 3. The minimum absolute atomic E-state index is 0.0557. The summed E-state index contributed by atoms with van der Waals surface area (Å²) < 4.78 is 44.5. The maximum absolute atomic E-state index is 12.7. The second-order valence-corrected chi connectivity index (χ2v) is 6.09. The van der Waals surface area contributed by atoms with Gasteiger partial charge in [-0.25, -0.2) is 0 Å². The van der Waals surface area contributed by atoms with Crippen molar-refractivity contribution < 1.29 is 32.6 Å². The SMILES string of the molecule is CCOC(=O)Cn1ncc2c1CCN(C(=O)CC(C)(O)C(F)(F)F)C2. The number of aromatic nitrogens is 2. The zero-order valence-corrected chi connectivity index (χ0v) is 14.0. The Labute approximate surface area is 142 Å². The molecule has 2 heterocycles. The van der Waals surface area contributed by atoms with Crippen molar-refractivity contribution in [3.05, 3.63) is 17.5 Å². The number of aliphatic hydroxyl groups is 1. The molecule has 0 aromatic carbocycles. The van der Waals surface area contributed by atoms with Crippen LogP contribution in [0.2, 0.25) is 0 Å². The Balaban J connectivity index is 2.03. The van der Waals surface area contributed by atoms with Crippen LogP contribution in [0, 0.1) is 0 Å². The molecule has 7 nitrogen and oxygen atoms in total. The number of hydrogen-bond donors (Lipinski definition) is 1. The van der Waals surface area contributed by atoms with E-state index in [1.807, 2.05) is 0 Å². The van der Waals surface area contributed by atoms with E-state index in [0.717, 1.165) is 5.69 Å². The van der Waals surface area contributed by atoms with E-state index in [1.165, 1.54) is 15.8 Å². The number of halogens is 3. The highest BCUT2D eigenvalue weighted by Crippen LogP contribution is 2.33. The van der Waals surface area contributed by atoms with Crippen LogP contribution in [0.3, 0.4) is 0 Å². The molecular weight excluding hydrogens is 343 g/mol. The van der Waals surface area contributed by atoms with E-state index in [0.29, 0.717) is 18.9 Å². The van der Waals surface area contributed by atoms with Crippen molar-refractivity contribution in [3.8, 4) is 0 Å². The van der Waals surface area contributed by atoms with Crippen LogP contribution in [0.5, 0.6) is 0 Å². The Bertz CT molecular complexity index is 655. The van der Waals surface area contributed by atoms with Crippen LogP contribution >= 0.6 is 0 Å². The van der Waals surface area contributed by atoms with Crippen LogP contribution in [0.1, 0.15) is 31.5 Å². The van der Waals surface area contributed by atoms with Crippen LogP contribution in [-0.4, -0.2) is 56.6 Å². The van der Waals surface area contributed by atoms with Gasteiger partial charge in [0.2, 0.25) is 5.91 Å². The van der Waals surface area contributed by atoms with Crippen molar-refractivity contribution in [2.75, 3.05) is 13.2 Å². The summed E-state index contributed by atoms with van der Waals surface area (Å²) >= 11 is 0. The molecule has 1 atom stereocenters. The summed E-state index contributed by atoms with van der Waals surface area (Å²) in [7, 11) is 0.